The Hall–Kier alpha value is -1.99. The molecule has 1 aliphatic rings. The van der Waals surface area contributed by atoms with Gasteiger partial charge in [0, 0.05) is 25.2 Å². The van der Waals surface area contributed by atoms with E-state index in [0.29, 0.717) is 0 Å². The third kappa shape index (κ3) is 4.29. The van der Waals surface area contributed by atoms with Gasteiger partial charge in [0.2, 0.25) is 0 Å². The summed E-state index contributed by atoms with van der Waals surface area (Å²) >= 11 is 0. The fourth-order valence-electron chi connectivity index (χ4n) is 1.83. The zero-order valence-corrected chi connectivity index (χ0v) is 10.7. The molecule has 0 atom stereocenters. The molecule has 1 aliphatic heterocycles. The Bertz CT molecular complexity index is 432. The number of halogens is 3. The zero-order chi connectivity index (χ0) is 15.3. The van der Waals surface area contributed by atoms with Crippen molar-refractivity contribution in [2.45, 2.75) is 12.6 Å². The lowest BCUT2D eigenvalue weighted by atomic mass is 10.1. The van der Waals surface area contributed by atoms with Gasteiger partial charge >= 0.3 is 18.2 Å². The van der Waals surface area contributed by atoms with Gasteiger partial charge in [-0.2, -0.15) is 13.2 Å². The highest BCUT2D eigenvalue weighted by atomic mass is 19.4. The average Bonchev–Trinajstić information content (AvgIpc) is 2.36. The molecule has 8 heteroatoms. The molecule has 0 unspecified atom stereocenters. The van der Waals surface area contributed by atoms with Crippen LogP contribution >= 0.6 is 0 Å². The molecular formula is C12H15F3N2O3. The second-order valence-corrected chi connectivity index (χ2v) is 4.27. The first kappa shape index (κ1) is 16.1. The lowest BCUT2D eigenvalue weighted by Gasteiger charge is -2.31. The van der Waals surface area contributed by atoms with E-state index in [9.17, 15) is 22.8 Å². The molecule has 0 fully saturated rings. The van der Waals surface area contributed by atoms with Crippen LogP contribution < -0.4 is 0 Å². The van der Waals surface area contributed by atoms with E-state index in [4.69, 9.17) is 5.11 Å². The van der Waals surface area contributed by atoms with Crippen LogP contribution in [0.2, 0.25) is 0 Å². The summed E-state index contributed by atoms with van der Waals surface area (Å²) in [4.78, 5) is 24.9. The molecule has 0 aromatic heterocycles. The van der Waals surface area contributed by atoms with Crippen molar-refractivity contribution in [3.8, 4) is 0 Å². The van der Waals surface area contributed by atoms with E-state index >= 15 is 0 Å². The SMILES string of the molecule is C=CCN(CC(=O)O)C(=O)N1CC=C(C(F)(F)F)CC1. The van der Waals surface area contributed by atoms with Crippen LogP contribution in [0.15, 0.2) is 24.3 Å². The van der Waals surface area contributed by atoms with Crippen molar-refractivity contribution in [3.05, 3.63) is 24.3 Å². The number of carboxylic acids is 1. The highest BCUT2D eigenvalue weighted by Gasteiger charge is 2.36. The van der Waals surface area contributed by atoms with Gasteiger partial charge in [-0.1, -0.05) is 12.2 Å². The van der Waals surface area contributed by atoms with Crippen molar-refractivity contribution in [1.82, 2.24) is 9.80 Å². The molecule has 0 bridgehead atoms. The van der Waals surface area contributed by atoms with Gasteiger partial charge in [0.15, 0.2) is 0 Å². The normalized spacial score (nSPS) is 15.6. The second-order valence-electron chi connectivity index (χ2n) is 4.27. The van der Waals surface area contributed by atoms with Crippen LogP contribution in [0.5, 0.6) is 0 Å². The topological polar surface area (TPSA) is 60.9 Å². The highest BCUT2D eigenvalue weighted by Crippen LogP contribution is 2.30. The summed E-state index contributed by atoms with van der Waals surface area (Å²) in [5.41, 5.74) is -0.657. The number of carboxylic acid groups (broad SMARTS) is 1. The van der Waals surface area contributed by atoms with Crippen LogP contribution in [-0.2, 0) is 4.79 Å². The van der Waals surface area contributed by atoms with Crippen molar-refractivity contribution in [2.24, 2.45) is 0 Å². The van der Waals surface area contributed by atoms with Crippen LogP contribution in [0.1, 0.15) is 6.42 Å². The molecular weight excluding hydrogens is 277 g/mol. The molecule has 1 rings (SSSR count). The Morgan fingerprint density at radius 3 is 2.55 bits per heavy atom. The molecule has 1 N–H and O–H groups in total. The molecule has 0 saturated carbocycles. The number of hydrogen-bond donors (Lipinski definition) is 1. The minimum atomic E-state index is -4.38. The molecule has 20 heavy (non-hydrogen) atoms. The lowest BCUT2D eigenvalue weighted by molar-refractivity contribution is -0.137. The van der Waals surface area contributed by atoms with Crippen LogP contribution in [-0.4, -0.2) is 59.3 Å². The van der Waals surface area contributed by atoms with Crippen molar-refractivity contribution < 1.29 is 27.9 Å². The molecule has 0 spiro atoms. The quantitative estimate of drug-likeness (QED) is 0.805. The van der Waals surface area contributed by atoms with E-state index in [1.807, 2.05) is 0 Å². The predicted octanol–water partition coefficient (Wildman–Crippen LogP) is 1.87. The standard InChI is InChI=1S/C12H15F3N2O3/c1-2-5-17(8-10(18)19)11(20)16-6-3-9(4-7-16)12(13,14)15/h2-3H,1,4-8H2,(H,18,19). The molecule has 1 heterocycles. The first-order valence-electron chi connectivity index (χ1n) is 5.88. The molecule has 0 aromatic rings. The third-order valence-electron chi connectivity index (χ3n) is 2.79. The average molecular weight is 292 g/mol. The third-order valence-corrected chi connectivity index (χ3v) is 2.79. The fraction of sp³-hybridized carbons (Fsp3) is 0.500. The van der Waals surface area contributed by atoms with E-state index in [2.05, 4.69) is 6.58 Å². The molecule has 2 amide bonds. The van der Waals surface area contributed by atoms with Gasteiger partial charge in [-0.15, -0.1) is 6.58 Å². The van der Waals surface area contributed by atoms with Gasteiger partial charge in [-0.05, 0) is 6.42 Å². The summed E-state index contributed by atoms with van der Waals surface area (Å²) in [6.45, 7) is 2.66. The van der Waals surface area contributed by atoms with E-state index in [1.54, 1.807) is 0 Å². The minimum absolute atomic E-state index is 0.0253. The first-order chi connectivity index (χ1) is 9.25. The summed E-state index contributed by atoms with van der Waals surface area (Å²) < 4.78 is 37.3. The smallest absolute Gasteiger partial charge is 0.412 e. The molecule has 0 aliphatic carbocycles. The maximum atomic E-state index is 12.4. The molecule has 0 saturated heterocycles. The number of alkyl halides is 3. The van der Waals surface area contributed by atoms with Gasteiger partial charge < -0.3 is 14.9 Å². The van der Waals surface area contributed by atoms with Gasteiger partial charge in [0.1, 0.15) is 6.54 Å². The largest absolute Gasteiger partial charge is 0.480 e. The van der Waals surface area contributed by atoms with Crippen LogP contribution in [0.25, 0.3) is 0 Å². The van der Waals surface area contributed by atoms with E-state index < -0.39 is 30.3 Å². The Morgan fingerprint density at radius 2 is 2.15 bits per heavy atom. The number of rotatable bonds is 4. The minimum Gasteiger partial charge on any atom is -0.480 e. The maximum absolute atomic E-state index is 12.4. The first-order valence-corrected chi connectivity index (χ1v) is 5.88. The zero-order valence-electron chi connectivity index (χ0n) is 10.7. The van der Waals surface area contributed by atoms with E-state index in [-0.39, 0.29) is 26.1 Å². The van der Waals surface area contributed by atoms with E-state index in [0.717, 1.165) is 11.0 Å². The summed E-state index contributed by atoms with van der Waals surface area (Å²) in [6, 6.07) is -0.607. The Morgan fingerprint density at radius 1 is 1.50 bits per heavy atom. The van der Waals surface area contributed by atoms with E-state index in [1.165, 1.54) is 11.0 Å². The summed E-state index contributed by atoms with van der Waals surface area (Å²) in [6.07, 6.45) is -2.35. The Labute approximate surface area is 114 Å². The van der Waals surface area contributed by atoms with Crippen molar-refractivity contribution >= 4 is 12.0 Å². The van der Waals surface area contributed by atoms with Gasteiger partial charge in [-0.25, -0.2) is 4.79 Å². The maximum Gasteiger partial charge on any atom is 0.412 e. The molecule has 0 radical (unpaired) electrons. The highest BCUT2D eigenvalue weighted by molar-refractivity contribution is 5.80. The number of nitrogens with zero attached hydrogens (tertiary/aromatic N) is 2. The summed E-state index contributed by atoms with van der Waals surface area (Å²) in [5.74, 6) is -1.19. The predicted molar refractivity (Wildman–Crippen MR) is 65.1 cm³/mol. The lowest BCUT2D eigenvalue weighted by Crippen LogP contribution is -2.47. The number of urea groups is 1. The molecule has 5 nitrogen and oxygen atoms in total. The van der Waals surface area contributed by atoms with Crippen molar-refractivity contribution in [3.63, 3.8) is 0 Å². The number of aliphatic carboxylic acids is 1. The Balaban J connectivity index is 2.71. The Kier molecular flexibility index (Phi) is 5.18. The van der Waals surface area contributed by atoms with Crippen molar-refractivity contribution in [1.29, 1.82) is 0 Å². The van der Waals surface area contributed by atoms with Crippen molar-refractivity contribution in [2.75, 3.05) is 26.2 Å². The molecule has 112 valence electrons. The van der Waals surface area contributed by atoms with Gasteiger partial charge in [0.05, 0.1) is 0 Å². The van der Waals surface area contributed by atoms with Crippen LogP contribution in [0.3, 0.4) is 0 Å². The van der Waals surface area contributed by atoms with Gasteiger partial charge in [0.25, 0.3) is 0 Å². The fourth-order valence-corrected chi connectivity index (χ4v) is 1.83. The number of hydrogen-bond acceptors (Lipinski definition) is 2. The molecule has 0 aromatic carbocycles. The van der Waals surface area contributed by atoms with Gasteiger partial charge in [-0.3, -0.25) is 4.79 Å². The second kappa shape index (κ2) is 6.44. The number of carbonyl (C=O) groups excluding carboxylic acids is 1. The monoisotopic (exact) mass is 292 g/mol. The number of carbonyl (C=O) groups is 2. The van der Waals surface area contributed by atoms with Crippen LogP contribution in [0, 0.1) is 0 Å². The summed E-state index contributed by atoms with van der Waals surface area (Å²) in [7, 11) is 0. The summed E-state index contributed by atoms with van der Waals surface area (Å²) in [5, 5.41) is 8.70. The van der Waals surface area contributed by atoms with Crippen LogP contribution in [0.4, 0.5) is 18.0 Å². The number of amides is 2.